The second kappa shape index (κ2) is 6.33. The monoisotopic (exact) mass is 307 g/mol. The molecule has 2 N–H and O–H groups in total. The summed E-state index contributed by atoms with van der Waals surface area (Å²) in [7, 11) is 1.65. The van der Waals surface area contributed by atoms with Crippen LogP contribution in [-0.2, 0) is 11.3 Å². The molecule has 2 aromatic rings. The average Bonchev–Trinajstić information content (AvgIpc) is 3.18. The maximum Gasteiger partial charge on any atom is 0.241 e. The largest absolute Gasteiger partial charge is 0.358 e. The number of likely N-dealkylation sites (N-methyl/N-ethyl adjacent to an activating group) is 1. The summed E-state index contributed by atoms with van der Waals surface area (Å²) in [6.07, 6.45) is 0. The Morgan fingerprint density at radius 2 is 2.57 bits per heavy atom. The molecule has 0 aliphatic carbocycles. The number of amides is 1. The van der Waals surface area contributed by atoms with Crippen molar-refractivity contribution in [3.63, 3.8) is 0 Å². The SMILES string of the molecule is CNC(=O)C1CNCCN1Cc1nc(-c2ccsc2)no1. The van der Waals surface area contributed by atoms with Gasteiger partial charge in [-0.3, -0.25) is 9.69 Å². The molecule has 1 aliphatic heterocycles. The quantitative estimate of drug-likeness (QED) is 0.846. The van der Waals surface area contributed by atoms with Crippen molar-refractivity contribution in [2.24, 2.45) is 0 Å². The van der Waals surface area contributed by atoms with Gasteiger partial charge in [-0.2, -0.15) is 16.3 Å². The molecule has 1 unspecified atom stereocenters. The summed E-state index contributed by atoms with van der Waals surface area (Å²) in [5.74, 6) is 1.13. The van der Waals surface area contributed by atoms with Crippen molar-refractivity contribution in [3.05, 3.63) is 22.7 Å². The van der Waals surface area contributed by atoms with Crippen LogP contribution < -0.4 is 10.6 Å². The van der Waals surface area contributed by atoms with E-state index in [2.05, 4.69) is 25.7 Å². The molecule has 112 valence electrons. The van der Waals surface area contributed by atoms with Gasteiger partial charge < -0.3 is 15.2 Å². The van der Waals surface area contributed by atoms with E-state index in [1.807, 2.05) is 16.8 Å². The van der Waals surface area contributed by atoms with Crippen molar-refractivity contribution >= 4 is 17.2 Å². The molecule has 7 nitrogen and oxygen atoms in total. The number of rotatable bonds is 4. The van der Waals surface area contributed by atoms with Gasteiger partial charge in [-0.05, 0) is 11.4 Å². The lowest BCUT2D eigenvalue weighted by atomic mass is 10.2. The molecule has 0 aromatic carbocycles. The van der Waals surface area contributed by atoms with Crippen LogP contribution in [0.5, 0.6) is 0 Å². The van der Waals surface area contributed by atoms with E-state index >= 15 is 0 Å². The highest BCUT2D eigenvalue weighted by atomic mass is 32.1. The third kappa shape index (κ3) is 3.12. The lowest BCUT2D eigenvalue weighted by molar-refractivity contribution is -0.126. The first-order chi connectivity index (χ1) is 10.3. The fraction of sp³-hybridized carbons (Fsp3) is 0.462. The Labute approximate surface area is 126 Å². The van der Waals surface area contributed by atoms with E-state index in [1.54, 1.807) is 18.4 Å². The molecule has 1 aliphatic rings. The van der Waals surface area contributed by atoms with Crippen LogP contribution in [0.15, 0.2) is 21.3 Å². The number of hydrogen-bond acceptors (Lipinski definition) is 7. The summed E-state index contributed by atoms with van der Waals surface area (Å²) in [5, 5.41) is 13.9. The minimum atomic E-state index is -0.208. The van der Waals surface area contributed by atoms with E-state index in [4.69, 9.17) is 4.52 Å². The van der Waals surface area contributed by atoms with Gasteiger partial charge in [-0.15, -0.1) is 0 Å². The van der Waals surface area contributed by atoms with E-state index in [-0.39, 0.29) is 11.9 Å². The van der Waals surface area contributed by atoms with E-state index < -0.39 is 0 Å². The van der Waals surface area contributed by atoms with Crippen LogP contribution in [0.25, 0.3) is 11.4 Å². The zero-order chi connectivity index (χ0) is 14.7. The van der Waals surface area contributed by atoms with Gasteiger partial charge >= 0.3 is 0 Å². The molecule has 1 atom stereocenters. The Bertz CT molecular complexity index is 597. The predicted molar refractivity (Wildman–Crippen MR) is 78.7 cm³/mol. The van der Waals surface area contributed by atoms with Gasteiger partial charge in [0.2, 0.25) is 17.6 Å². The highest BCUT2D eigenvalue weighted by Gasteiger charge is 2.29. The smallest absolute Gasteiger partial charge is 0.241 e. The Morgan fingerprint density at radius 1 is 1.67 bits per heavy atom. The van der Waals surface area contributed by atoms with Crippen molar-refractivity contribution in [2.75, 3.05) is 26.7 Å². The summed E-state index contributed by atoms with van der Waals surface area (Å²) in [6, 6.07) is 1.75. The third-order valence-corrected chi connectivity index (χ3v) is 4.17. The topological polar surface area (TPSA) is 83.3 Å². The summed E-state index contributed by atoms with van der Waals surface area (Å²) in [5.41, 5.74) is 0.957. The van der Waals surface area contributed by atoms with Gasteiger partial charge in [0.25, 0.3) is 0 Å². The van der Waals surface area contributed by atoms with Gasteiger partial charge in [0.15, 0.2) is 0 Å². The Morgan fingerprint density at radius 3 is 3.33 bits per heavy atom. The molecule has 8 heteroatoms. The number of piperazine rings is 1. The number of carbonyl (C=O) groups excluding carboxylic acids is 1. The highest BCUT2D eigenvalue weighted by Crippen LogP contribution is 2.19. The van der Waals surface area contributed by atoms with Crippen LogP contribution in [0.4, 0.5) is 0 Å². The Kier molecular flexibility index (Phi) is 4.28. The van der Waals surface area contributed by atoms with Crippen molar-refractivity contribution in [3.8, 4) is 11.4 Å². The van der Waals surface area contributed by atoms with E-state index in [0.29, 0.717) is 24.8 Å². The number of carbonyl (C=O) groups is 1. The molecule has 0 saturated carbocycles. The van der Waals surface area contributed by atoms with Crippen LogP contribution in [0.2, 0.25) is 0 Å². The van der Waals surface area contributed by atoms with Gasteiger partial charge in [0.1, 0.15) is 6.04 Å². The second-order valence-electron chi connectivity index (χ2n) is 4.83. The summed E-state index contributed by atoms with van der Waals surface area (Å²) in [6.45, 7) is 2.73. The molecule has 2 aromatic heterocycles. The molecule has 0 spiro atoms. The number of thiophene rings is 1. The number of nitrogens with zero attached hydrogens (tertiary/aromatic N) is 3. The Hall–Kier alpha value is -1.77. The number of nitrogens with one attached hydrogen (secondary N) is 2. The maximum atomic E-state index is 11.9. The van der Waals surface area contributed by atoms with Crippen molar-refractivity contribution in [1.82, 2.24) is 25.7 Å². The zero-order valence-corrected chi connectivity index (χ0v) is 12.5. The molecule has 1 saturated heterocycles. The molecule has 0 radical (unpaired) electrons. The Balaban J connectivity index is 1.71. The molecule has 21 heavy (non-hydrogen) atoms. The first kappa shape index (κ1) is 14.2. The first-order valence-electron chi connectivity index (χ1n) is 6.79. The third-order valence-electron chi connectivity index (χ3n) is 3.49. The standard InChI is InChI=1S/C13H17N5O2S/c1-14-13(19)10-6-15-3-4-18(10)7-11-16-12(17-20-11)9-2-5-21-8-9/h2,5,8,10,15H,3-4,6-7H2,1H3,(H,14,19). The van der Waals surface area contributed by atoms with Crippen molar-refractivity contribution in [1.29, 1.82) is 0 Å². The summed E-state index contributed by atoms with van der Waals surface area (Å²) in [4.78, 5) is 18.4. The van der Waals surface area contributed by atoms with Gasteiger partial charge in [-0.25, -0.2) is 0 Å². The highest BCUT2D eigenvalue weighted by molar-refractivity contribution is 7.08. The molecular formula is C13H17N5O2S. The minimum absolute atomic E-state index is 0.000210. The minimum Gasteiger partial charge on any atom is -0.358 e. The number of hydrogen-bond donors (Lipinski definition) is 2. The van der Waals surface area contributed by atoms with Crippen molar-refractivity contribution in [2.45, 2.75) is 12.6 Å². The van der Waals surface area contributed by atoms with E-state index in [9.17, 15) is 4.79 Å². The summed E-state index contributed by atoms with van der Waals surface area (Å²) >= 11 is 1.59. The maximum absolute atomic E-state index is 11.9. The fourth-order valence-electron chi connectivity index (χ4n) is 2.36. The molecular weight excluding hydrogens is 290 g/mol. The predicted octanol–water partition coefficient (Wildman–Crippen LogP) is 0.318. The molecule has 3 heterocycles. The lowest BCUT2D eigenvalue weighted by Crippen LogP contribution is -2.56. The second-order valence-corrected chi connectivity index (χ2v) is 5.61. The van der Waals surface area contributed by atoms with Gasteiger partial charge in [-0.1, -0.05) is 5.16 Å². The van der Waals surface area contributed by atoms with E-state index in [0.717, 1.165) is 18.7 Å². The first-order valence-corrected chi connectivity index (χ1v) is 7.73. The molecule has 1 fully saturated rings. The molecule has 1 amide bonds. The fourth-order valence-corrected chi connectivity index (χ4v) is 3.00. The van der Waals surface area contributed by atoms with Crippen LogP contribution >= 0.6 is 11.3 Å². The van der Waals surface area contributed by atoms with E-state index in [1.165, 1.54) is 0 Å². The van der Waals surface area contributed by atoms with Gasteiger partial charge in [0.05, 0.1) is 6.54 Å². The van der Waals surface area contributed by atoms with Crippen LogP contribution in [0, 0.1) is 0 Å². The molecule has 3 rings (SSSR count). The molecule has 0 bridgehead atoms. The normalized spacial score (nSPS) is 19.6. The van der Waals surface area contributed by atoms with Crippen LogP contribution in [0.3, 0.4) is 0 Å². The van der Waals surface area contributed by atoms with Crippen LogP contribution in [0.1, 0.15) is 5.89 Å². The zero-order valence-electron chi connectivity index (χ0n) is 11.7. The van der Waals surface area contributed by atoms with Crippen molar-refractivity contribution < 1.29 is 9.32 Å². The lowest BCUT2D eigenvalue weighted by Gasteiger charge is -2.33. The van der Waals surface area contributed by atoms with Gasteiger partial charge in [0, 0.05) is 37.6 Å². The number of aromatic nitrogens is 2. The average molecular weight is 307 g/mol. The van der Waals surface area contributed by atoms with Crippen LogP contribution in [-0.4, -0.2) is 53.7 Å². The summed E-state index contributed by atoms with van der Waals surface area (Å²) < 4.78 is 5.30.